The summed E-state index contributed by atoms with van der Waals surface area (Å²) in [5.74, 6) is 0. The van der Waals surface area contributed by atoms with Crippen molar-refractivity contribution in [1.82, 2.24) is 10.5 Å². The molecule has 5 heteroatoms. The predicted molar refractivity (Wildman–Crippen MR) is 32.7 cm³/mol. The smallest absolute Gasteiger partial charge is 0.199 e. The fraction of sp³-hybridized carbons (Fsp3) is 0.800. The lowest BCUT2D eigenvalue weighted by Crippen LogP contribution is -2.39. The lowest BCUT2D eigenvalue weighted by atomic mass is 10.5. The first kappa shape index (κ1) is 5.79. The largest absolute Gasteiger partial charge is 0.299 e. The molecule has 1 unspecified atom stereocenters. The summed E-state index contributed by atoms with van der Waals surface area (Å²) in [6, 6.07) is 0.477. The van der Waals surface area contributed by atoms with Crippen LogP contribution >= 0.6 is 0 Å². The molecule has 0 spiro atoms. The van der Waals surface area contributed by atoms with E-state index >= 15 is 0 Å². The number of carbonyl (C=O) groups is 1. The monoisotopic (exact) mass is 140 g/mol. The van der Waals surface area contributed by atoms with Gasteiger partial charge in [0, 0.05) is 6.04 Å². The van der Waals surface area contributed by atoms with Crippen molar-refractivity contribution in [3.63, 3.8) is 0 Å². The molecule has 10 heavy (non-hydrogen) atoms. The van der Waals surface area contributed by atoms with E-state index in [1.807, 2.05) is 0 Å². The quantitative estimate of drug-likeness (QED) is 0.543. The van der Waals surface area contributed by atoms with Gasteiger partial charge >= 0.3 is 0 Å². The fourth-order valence-corrected chi connectivity index (χ4v) is 0.995. The van der Waals surface area contributed by atoms with Crippen molar-refractivity contribution in [3.05, 3.63) is 0 Å². The minimum Gasteiger partial charge on any atom is -0.299 e. The Morgan fingerprint density at radius 2 is 2.40 bits per heavy atom. The van der Waals surface area contributed by atoms with Gasteiger partial charge in [-0.3, -0.25) is 4.79 Å². The van der Waals surface area contributed by atoms with Crippen LogP contribution < -0.4 is 5.53 Å². The molecule has 1 saturated carbocycles. The van der Waals surface area contributed by atoms with Gasteiger partial charge in [-0.05, 0) is 12.8 Å². The molecule has 0 aromatic carbocycles. The molecule has 2 aliphatic rings. The van der Waals surface area contributed by atoms with Gasteiger partial charge in [0.2, 0.25) is 0 Å². The minimum atomic E-state index is -0.382. The maximum Gasteiger partial charge on any atom is 0.199 e. The predicted octanol–water partition coefficient (Wildman–Crippen LogP) is -0.139. The van der Waals surface area contributed by atoms with E-state index in [4.69, 9.17) is 0 Å². The second-order valence-corrected chi connectivity index (χ2v) is 2.50. The Hall–Kier alpha value is -0.970. The molecule has 0 radical (unpaired) electrons. The van der Waals surface area contributed by atoms with E-state index in [2.05, 4.69) is 15.9 Å². The van der Waals surface area contributed by atoms with Crippen molar-refractivity contribution in [2.75, 3.05) is 0 Å². The summed E-state index contributed by atoms with van der Waals surface area (Å²) in [7, 11) is 0. The second kappa shape index (κ2) is 2.02. The maximum absolute atomic E-state index is 10.3. The zero-order chi connectivity index (χ0) is 6.97. The second-order valence-electron chi connectivity index (χ2n) is 2.50. The lowest BCUT2D eigenvalue weighted by Gasteiger charge is -2.14. The van der Waals surface area contributed by atoms with Gasteiger partial charge in [0.1, 0.15) is 0 Å². The molecule has 1 heterocycles. The van der Waals surface area contributed by atoms with Crippen LogP contribution in [0.5, 0.6) is 0 Å². The molecule has 1 fully saturated rings. The molecule has 1 N–H and O–H groups in total. The summed E-state index contributed by atoms with van der Waals surface area (Å²) >= 11 is 0. The zero-order valence-corrected chi connectivity index (χ0v) is 5.40. The SMILES string of the molecule is O=CC1N=NNN1C1CC1. The summed E-state index contributed by atoms with van der Waals surface area (Å²) in [4.78, 5) is 10.3. The van der Waals surface area contributed by atoms with Crippen LogP contribution in [0.4, 0.5) is 0 Å². The van der Waals surface area contributed by atoms with E-state index < -0.39 is 0 Å². The van der Waals surface area contributed by atoms with Crippen LogP contribution in [0.25, 0.3) is 0 Å². The Morgan fingerprint density at radius 3 is 3.00 bits per heavy atom. The highest BCUT2D eigenvalue weighted by Gasteiger charge is 2.36. The third-order valence-electron chi connectivity index (χ3n) is 1.68. The number of nitrogens with zero attached hydrogens (tertiary/aromatic N) is 3. The molecule has 54 valence electrons. The molecular weight excluding hydrogens is 132 g/mol. The number of nitrogens with one attached hydrogen (secondary N) is 1. The highest BCUT2D eigenvalue weighted by atomic mass is 16.1. The molecule has 0 saturated heterocycles. The van der Waals surface area contributed by atoms with Crippen molar-refractivity contribution < 1.29 is 4.79 Å². The molecule has 1 aliphatic heterocycles. The van der Waals surface area contributed by atoms with E-state index in [-0.39, 0.29) is 6.17 Å². The molecule has 0 bridgehead atoms. The third-order valence-corrected chi connectivity index (χ3v) is 1.68. The summed E-state index contributed by atoms with van der Waals surface area (Å²) in [6.45, 7) is 0. The van der Waals surface area contributed by atoms with Crippen LogP contribution in [0, 0.1) is 0 Å². The topological polar surface area (TPSA) is 57.1 Å². The van der Waals surface area contributed by atoms with E-state index in [1.165, 1.54) is 0 Å². The first-order valence-electron chi connectivity index (χ1n) is 3.31. The van der Waals surface area contributed by atoms with Crippen LogP contribution in [-0.4, -0.2) is 23.5 Å². The number of hydrogen-bond donors (Lipinski definition) is 1. The minimum absolute atomic E-state index is 0.382. The molecule has 0 aromatic heterocycles. The Bertz CT molecular complexity index is 176. The molecule has 2 rings (SSSR count). The Labute approximate surface area is 58.0 Å². The van der Waals surface area contributed by atoms with Crippen LogP contribution in [-0.2, 0) is 4.79 Å². The van der Waals surface area contributed by atoms with Crippen molar-refractivity contribution in [2.24, 2.45) is 10.3 Å². The van der Waals surface area contributed by atoms with Gasteiger partial charge < -0.3 is 0 Å². The van der Waals surface area contributed by atoms with E-state index in [0.29, 0.717) is 6.04 Å². The number of carbonyl (C=O) groups excluding carboxylic acids is 1. The average Bonchev–Trinajstić information content (AvgIpc) is 2.69. The maximum atomic E-state index is 10.3. The van der Waals surface area contributed by atoms with Crippen molar-refractivity contribution in [2.45, 2.75) is 25.0 Å². The molecular formula is C5H8N4O. The van der Waals surface area contributed by atoms with Crippen molar-refractivity contribution in [1.29, 1.82) is 0 Å². The van der Waals surface area contributed by atoms with Crippen molar-refractivity contribution >= 4 is 6.29 Å². The molecule has 1 aliphatic carbocycles. The van der Waals surface area contributed by atoms with E-state index in [9.17, 15) is 4.79 Å². The third kappa shape index (κ3) is 0.786. The Kier molecular flexibility index (Phi) is 1.17. The first-order valence-corrected chi connectivity index (χ1v) is 3.31. The van der Waals surface area contributed by atoms with E-state index in [1.54, 1.807) is 5.01 Å². The highest BCUT2D eigenvalue weighted by molar-refractivity contribution is 5.57. The molecule has 1 atom stereocenters. The van der Waals surface area contributed by atoms with Crippen molar-refractivity contribution in [3.8, 4) is 0 Å². The Morgan fingerprint density at radius 1 is 1.60 bits per heavy atom. The number of hydrazine groups is 1. The van der Waals surface area contributed by atoms with Gasteiger partial charge in [-0.15, -0.1) is 5.11 Å². The Balaban J connectivity index is 2.02. The van der Waals surface area contributed by atoms with Crippen LogP contribution in [0.1, 0.15) is 12.8 Å². The lowest BCUT2D eigenvalue weighted by molar-refractivity contribution is -0.112. The number of aldehydes is 1. The number of hydrogen-bond acceptors (Lipinski definition) is 5. The normalized spacial score (nSPS) is 32.2. The summed E-state index contributed by atoms with van der Waals surface area (Å²) in [5, 5.41) is 9.00. The number of rotatable bonds is 2. The summed E-state index contributed by atoms with van der Waals surface area (Å²) < 4.78 is 0. The highest BCUT2D eigenvalue weighted by Crippen LogP contribution is 2.28. The average molecular weight is 140 g/mol. The standard InChI is InChI=1S/C5H8N4O/c10-3-5-6-7-8-9(5)4-1-2-4/h3-5H,1-2H2,(H,6,8). The van der Waals surface area contributed by atoms with Gasteiger partial charge in [-0.1, -0.05) is 5.22 Å². The summed E-state index contributed by atoms with van der Waals surface area (Å²) in [6.07, 6.45) is 2.69. The van der Waals surface area contributed by atoms with Gasteiger partial charge in [0.15, 0.2) is 12.5 Å². The van der Waals surface area contributed by atoms with Gasteiger partial charge in [0.25, 0.3) is 0 Å². The van der Waals surface area contributed by atoms with Crippen LogP contribution in [0.2, 0.25) is 0 Å². The first-order chi connectivity index (χ1) is 4.92. The van der Waals surface area contributed by atoms with Crippen LogP contribution in [0.3, 0.4) is 0 Å². The van der Waals surface area contributed by atoms with Crippen LogP contribution in [0.15, 0.2) is 10.3 Å². The summed E-state index contributed by atoms with van der Waals surface area (Å²) in [5.41, 5.74) is 2.68. The molecule has 0 amide bonds. The fourth-order valence-electron chi connectivity index (χ4n) is 0.995. The van der Waals surface area contributed by atoms with Gasteiger partial charge in [-0.2, -0.15) is 5.01 Å². The molecule has 0 aromatic rings. The van der Waals surface area contributed by atoms with Gasteiger partial charge in [0.05, 0.1) is 0 Å². The zero-order valence-electron chi connectivity index (χ0n) is 5.40. The van der Waals surface area contributed by atoms with Gasteiger partial charge in [-0.25, -0.2) is 5.53 Å². The van der Waals surface area contributed by atoms with E-state index in [0.717, 1.165) is 19.1 Å². The molecule has 5 nitrogen and oxygen atoms in total.